The Labute approximate surface area is 142 Å². The summed E-state index contributed by atoms with van der Waals surface area (Å²) in [6.45, 7) is 6.97. The maximum atomic E-state index is 2.35. The second-order valence-electron chi connectivity index (χ2n) is 7.47. The molecule has 0 aliphatic rings. The molecule has 0 bridgehead atoms. The molecule has 0 rings (SSSR count). The lowest BCUT2D eigenvalue weighted by Crippen LogP contribution is -2.00. The van der Waals surface area contributed by atoms with Gasteiger partial charge in [-0.1, -0.05) is 136 Å². The highest BCUT2D eigenvalue weighted by atomic mass is 14.1. The van der Waals surface area contributed by atoms with Gasteiger partial charge in [0.2, 0.25) is 0 Å². The Bertz CT molecular complexity index is 184. The molecule has 0 N–H and O–H groups in total. The third kappa shape index (κ3) is 16.4. The molecule has 0 spiro atoms. The van der Waals surface area contributed by atoms with Gasteiger partial charge in [0.05, 0.1) is 0 Å². The van der Waals surface area contributed by atoms with Crippen molar-refractivity contribution in [2.24, 2.45) is 5.92 Å². The van der Waals surface area contributed by atoms with Gasteiger partial charge in [-0.05, 0) is 5.92 Å². The van der Waals surface area contributed by atoms with Gasteiger partial charge in [0.15, 0.2) is 0 Å². The number of unbranched alkanes of at least 4 members (excludes halogenated alkanes) is 12. The van der Waals surface area contributed by atoms with Crippen molar-refractivity contribution in [2.75, 3.05) is 0 Å². The molecule has 22 heavy (non-hydrogen) atoms. The van der Waals surface area contributed by atoms with E-state index in [0.717, 1.165) is 5.92 Å². The van der Waals surface area contributed by atoms with Gasteiger partial charge in [-0.3, -0.25) is 0 Å². The molecule has 0 aliphatic carbocycles. The SMILES string of the molecule is CCCCCCCCCCCCCC(CCC)CCCCC. The average molecular weight is 311 g/mol. The van der Waals surface area contributed by atoms with Gasteiger partial charge >= 0.3 is 0 Å². The largest absolute Gasteiger partial charge is 0.0654 e. The molecule has 0 aromatic heterocycles. The normalized spacial score (nSPS) is 12.7. The predicted octanol–water partition coefficient (Wildman–Crippen LogP) is 8.68. The van der Waals surface area contributed by atoms with Gasteiger partial charge in [-0.25, -0.2) is 0 Å². The Morgan fingerprint density at radius 2 is 0.727 bits per heavy atom. The number of hydrogen-bond donors (Lipinski definition) is 0. The molecule has 0 radical (unpaired) electrons. The van der Waals surface area contributed by atoms with Gasteiger partial charge in [-0.2, -0.15) is 0 Å². The van der Waals surface area contributed by atoms with Crippen LogP contribution in [0.15, 0.2) is 0 Å². The first kappa shape index (κ1) is 22.0. The second-order valence-corrected chi connectivity index (χ2v) is 7.47. The minimum absolute atomic E-state index is 1.04. The van der Waals surface area contributed by atoms with Crippen LogP contribution in [0.4, 0.5) is 0 Å². The molecule has 0 aromatic rings. The van der Waals surface area contributed by atoms with Crippen LogP contribution in [0.5, 0.6) is 0 Å². The number of rotatable bonds is 18. The van der Waals surface area contributed by atoms with E-state index in [2.05, 4.69) is 20.8 Å². The number of hydrogen-bond acceptors (Lipinski definition) is 0. The smallest absolute Gasteiger partial charge is 0.0414 e. The zero-order valence-electron chi connectivity index (χ0n) is 16.3. The van der Waals surface area contributed by atoms with Crippen LogP contribution in [0.3, 0.4) is 0 Å². The molecule has 0 heteroatoms. The molecule has 1 atom stereocenters. The molecule has 1 unspecified atom stereocenters. The fourth-order valence-corrected chi connectivity index (χ4v) is 3.62. The van der Waals surface area contributed by atoms with E-state index >= 15 is 0 Å². The average Bonchev–Trinajstić information content (AvgIpc) is 2.52. The lowest BCUT2D eigenvalue weighted by atomic mass is 9.91. The van der Waals surface area contributed by atoms with Crippen molar-refractivity contribution >= 4 is 0 Å². The molecule has 0 saturated carbocycles. The Hall–Kier alpha value is 0. The highest BCUT2D eigenvalue weighted by Crippen LogP contribution is 2.22. The van der Waals surface area contributed by atoms with Gasteiger partial charge in [0, 0.05) is 0 Å². The fourth-order valence-electron chi connectivity index (χ4n) is 3.62. The summed E-state index contributed by atoms with van der Waals surface area (Å²) < 4.78 is 0. The predicted molar refractivity (Wildman–Crippen MR) is 104 cm³/mol. The first-order valence-corrected chi connectivity index (χ1v) is 10.8. The van der Waals surface area contributed by atoms with Crippen LogP contribution in [0.1, 0.15) is 136 Å². The van der Waals surface area contributed by atoms with Gasteiger partial charge < -0.3 is 0 Å². The van der Waals surface area contributed by atoms with Crippen molar-refractivity contribution in [1.29, 1.82) is 0 Å². The monoisotopic (exact) mass is 310 g/mol. The van der Waals surface area contributed by atoms with E-state index in [1.54, 1.807) is 0 Å². The molecule has 0 aromatic carbocycles. The molecule has 0 saturated heterocycles. The summed E-state index contributed by atoms with van der Waals surface area (Å²) in [6.07, 6.45) is 26.3. The van der Waals surface area contributed by atoms with Crippen LogP contribution in [-0.2, 0) is 0 Å². The van der Waals surface area contributed by atoms with E-state index in [0.29, 0.717) is 0 Å². The van der Waals surface area contributed by atoms with Crippen LogP contribution in [0, 0.1) is 5.92 Å². The van der Waals surface area contributed by atoms with Crippen LogP contribution in [-0.4, -0.2) is 0 Å². The summed E-state index contributed by atoms with van der Waals surface area (Å²) in [5.41, 5.74) is 0. The van der Waals surface area contributed by atoms with Crippen LogP contribution in [0.2, 0.25) is 0 Å². The van der Waals surface area contributed by atoms with Gasteiger partial charge in [0.25, 0.3) is 0 Å². The van der Waals surface area contributed by atoms with Crippen LogP contribution < -0.4 is 0 Å². The summed E-state index contributed by atoms with van der Waals surface area (Å²) in [6, 6.07) is 0. The van der Waals surface area contributed by atoms with Crippen molar-refractivity contribution < 1.29 is 0 Å². The van der Waals surface area contributed by atoms with Crippen LogP contribution >= 0.6 is 0 Å². The minimum atomic E-state index is 1.04. The summed E-state index contributed by atoms with van der Waals surface area (Å²) in [5.74, 6) is 1.04. The molecule has 0 heterocycles. The van der Waals surface area contributed by atoms with Gasteiger partial charge in [-0.15, -0.1) is 0 Å². The molecule has 0 amide bonds. The second kappa shape index (κ2) is 19.0. The van der Waals surface area contributed by atoms with E-state index in [-0.39, 0.29) is 0 Å². The minimum Gasteiger partial charge on any atom is -0.0654 e. The Kier molecular flexibility index (Phi) is 19.0. The maximum Gasteiger partial charge on any atom is -0.0414 e. The quantitative estimate of drug-likeness (QED) is 0.222. The summed E-state index contributed by atoms with van der Waals surface area (Å²) in [5, 5.41) is 0. The van der Waals surface area contributed by atoms with Crippen molar-refractivity contribution in [3.8, 4) is 0 Å². The fraction of sp³-hybridized carbons (Fsp3) is 1.00. The van der Waals surface area contributed by atoms with Crippen molar-refractivity contribution in [1.82, 2.24) is 0 Å². The highest BCUT2D eigenvalue weighted by molar-refractivity contribution is 4.60. The molecule has 0 fully saturated rings. The zero-order chi connectivity index (χ0) is 16.3. The first-order chi connectivity index (χ1) is 10.8. The van der Waals surface area contributed by atoms with E-state index in [1.807, 2.05) is 0 Å². The highest BCUT2D eigenvalue weighted by Gasteiger charge is 2.07. The van der Waals surface area contributed by atoms with Gasteiger partial charge in [0.1, 0.15) is 0 Å². The first-order valence-electron chi connectivity index (χ1n) is 10.8. The van der Waals surface area contributed by atoms with E-state index in [9.17, 15) is 0 Å². The zero-order valence-corrected chi connectivity index (χ0v) is 16.3. The Balaban J connectivity index is 3.30. The summed E-state index contributed by atoms with van der Waals surface area (Å²) in [7, 11) is 0. The van der Waals surface area contributed by atoms with Crippen molar-refractivity contribution in [3.05, 3.63) is 0 Å². The Morgan fingerprint density at radius 1 is 0.364 bits per heavy atom. The molecule has 0 nitrogen and oxygen atoms in total. The summed E-state index contributed by atoms with van der Waals surface area (Å²) in [4.78, 5) is 0. The lowest BCUT2D eigenvalue weighted by Gasteiger charge is -2.15. The lowest BCUT2D eigenvalue weighted by molar-refractivity contribution is 0.379. The molecule has 134 valence electrons. The molecular formula is C22H46. The third-order valence-corrected chi connectivity index (χ3v) is 5.13. The van der Waals surface area contributed by atoms with Crippen molar-refractivity contribution in [2.45, 2.75) is 136 Å². The molecular weight excluding hydrogens is 264 g/mol. The van der Waals surface area contributed by atoms with Crippen molar-refractivity contribution in [3.63, 3.8) is 0 Å². The maximum absolute atomic E-state index is 2.35. The van der Waals surface area contributed by atoms with E-state index < -0.39 is 0 Å². The Morgan fingerprint density at radius 3 is 1.18 bits per heavy atom. The van der Waals surface area contributed by atoms with E-state index in [4.69, 9.17) is 0 Å². The third-order valence-electron chi connectivity index (χ3n) is 5.13. The molecule has 0 aliphatic heterocycles. The van der Waals surface area contributed by atoms with Crippen LogP contribution in [0.25, 0.3) is 0 Å². The topological polar surface area (TPSA) is 0 Å². The summed E-state index contributed by atoms with van der Waals surface area (Å²) >= 11 is 0. The van der Waals surface area contributed by atoms with E-state index in [1.165, 1.54) is 116 Å². The standard InChI is InChI=1S/C22H46/c1-4-7-9-10-11-12-13-14-15-16-18-21-22(19-6-3)20-17-8-5-2/h22H,4-21H2,1-3H3.